The van der Waals surface area contributed by atoms with Crippen molar-refractivity contribution >= 4 is 30.5 Å². The molecule has 0 spiro atoms. The first-order valence-corrected chi connectivity index (χ1v) is 6.92. The van der Waals surface area contributed by atoms with Crippen molar-refractivity contribution in [2.45, 2.75) is 5.75 Å². The predicted octanol–water partition coefficient (Wildman–Crippen LogP) is 2.91. The number of hydrogen-bond donors (Lipinski definition) is 0. The van der Waals surface area contributed by atoms with Gasteiger partial charge in [-0.3, -0.25) is 0 Å². The Bertz CT molecular complexity index is 590. The summed E-state index contributed by atoms with van der Waals surface area (Å²) in [6.45, 7) is 0. The van der Waals surface area contributed by atoms with Crippen LogP contribution in [-0.4, -0.2) is 8.42 Å². The van der Waals surface area contributed by atoms with Crippen molar-refractivity contribution in [1.29, 1.82) is 0 Å². The van der Waals surface area contributed by atoms with Gasteiger partial charge < -0.3 is 0 Å². The Labute approximate surface area is 92.9 Å². The molecule has 0 saturated heterocycles. The van der Waals surface area contributed by atoms with Gasteiger partial charge in [-0.25, -0.2) is 8.42 Å². The van der Waals surface area contributed by atoms with Gasteiger partial charge in [0.1, 0.15) is 0 Å². The molecular weight excluding hydrogens is 232 g/mol. The molecule has 4 heteroatoms. The molecule has 0 aliphatic carbocycles. The van der Waals surface area contributed by atoms with Crippen LogP contribution in [0.5, 0.6) is 0 Å². The van der Waals surface area contributed by atoms with E-state index in [4.69, 9.17) is 10.7 Å². The second-order valence-electron chi connectivity index (χ2n) is 3.36. The standard InChI is InChI=1S/C11H9ClO2S/c12-15(13,14)8-9-5-6-10-3-1-2-4-11(10)7-9/h1-7H,8H2. The lowest BCUT2D eigenvalue weighted by Crippen LogP contribution is -1.94. The van der Waals surface area contributed by atoms with Gasteiger partial charge in [-0.1, -0.05) is 42.5 Å². The largest absolute Gasteiger partial charge is 0.236 e. The molecule has 0 radical (unpaired) electrons. The third kappa shape index (κ3) is 2.70. The fourth-order valence-electron chi connectivity index (χ4n) is 1.53. The van der Waals surface area contributed by atoms with Gasteiger partial charge in [-0.2, -0.15) is 0 Å². The molecule has 0 aliphatic heterocycles. The second kappa shape index (κ2) is 3.83. The van der Waals surface area contributed by atoms with Crippen LogP contribution in [0, 0.1) is 0 Å². The predicted molar refractivity (Wildman–Crippen MR) is 62.4 cm³/mol. The van der Waals surface area contributed by atoms with Crippen LogP contribution in [0.3, 0.4) is 0 Å². The summed E-state index contributed by atoms with van der Waals surface area (Å²) in [5.41, 5.74) is 0.712. The molecule has 0 fully saturated rings. The van der Waals surface area contributed by atoms with E-state index < -0.39 is 9.05 Å². The zero-order chi connectivity index (χ0) is 10.9. The minimum Gasteiger partial charge on any atom is -0.212 e. The van der Waals surface area contributed by atoms with Gasteiger partial charge in [0.25, 0.3) is 0 Å². The Morgan fingerprint density at radius 1 is 1.00 bits per heavy atom. The Morgan fingerprint density at radius 2 is 1.67 bits per heavy atom. The molecule has 0 atom stereocenters. The average Bonchev–Trinajstić information content (AvgIpc) is 2.15. The van der Waals surface area contributed by atoms with E-state index >= 15 is 0 Å². The van der Waals surface area contributed by atoms with Gasteiger partial charge in [0.05, 0.1) is 5.75 Å². The first-order chi connectivity index (χ1) is 7.04. The number of fused-ring (bicyclic) bond motifs is 1. The van der Waals surface area contributed by atoms with E-state index in [9.17, 15) is 8.42 Å². The topological polar surface area (TPSA) is 34.1 Å². The molecule has 0 amide bonds. The summed E-state index contributed by atoms with van der Waals surface area (Å²) >= 11 is 0. The lowest BCUT2D eigenvalue weighted by Gasteiger charge is -2.01. The van der Waals surface area contributed by atoms with Gasteiger partial charge in [-0.15, -0.1) is 0 Å². The summed E-state index contributed by atoms with van der Waals surface area (Å²) < 4.78 is 21.8. The highest BCUT2D eigenvalue weighted by atomic mass is 35.7. The Kier molecular flexibility index (Phi) is 2.67. The number of hydrogen-bond acceptors (Lipinski definition) is 2. The van der Waals surface area contributed by atoms with E-state index in [2.05, 4.69) is 0 Å². The molecule has 0 bridgehead atoms. The SMILES string of the molecule is O=S(=O)(Cl)Cc1ccc2ccccc2c1. The zero-order valence-corrected chi connectivity index (χ0v) is 9.42. The molecule has 78 valence electrons. The first kappa shape index (κ1) is 10.5. The van der Waals surface area contributed by atoms with E-state index in [0.717, 1.165) is 10.8 Å². The molecule has 0 saturated carbocycles. The second-order valence-corrected chi connectivity index (χ2v) is 6.14. The van der Waals surface area contributed by atoms with Crippen LogP contribution >= 0.6 is 10.7 Å². The minimum absolute atomic E-state index is 0.126. The van der Waals surface area contributed by atoms with Crippen molar-refractivity contribution in [2.24, 2.45) is 0 Å². The van der Waals surface area contributed by atoms with Crippen molar-refractivity contribution in [3.05, 3.63) is 48.0 Å². The van der Waals surface area contributed by atoms with Crippen LogP contribution < -0.4 is 0 Å². The first-order valence-electron chi connectivity index (χ1n) is 4.45. The summed E-state index contributed by atoms with van der Waals surface area (Å²) in [5, 5.41) is 2.11. The Morgan fingerprint density at radius 3 is 2.33 bits per heavy atom. The van der Waals surface area contributed by atoms with Crippen LogP contribution in [0.2, 0.25) is 0 Å². The van der Waals surface area contributed by atoms with E-state index in [1.165, 1.54) is 0 Å². The van der Waals surface area contributed by atoms with Crippen molar-refractivity contribution < 1.29 is 8.42 Å². The zero-order valence-electron chi connectivity index (χ0n) is 7.85. The van der Waals surface area contributed by atoms with Crippen LogP contribution in [0.4, 0.5) is 0 Å². The maximum absolute atomic E-state index is 10.9. The van der Waals surface area contributed by atoms with Gasteiger partial charge >= 0.3 is 0 Å². The highest BCUT2D eigenvalue weighted by Crippen LogP contribution is 2.18. The third-order valence-corrected chi connectivity index (χ3v) is 3.16. The average molecular weight is 241 g/mol. The van der Waals surface area contributed by atoms with Crippen molar-refractivity contribution in [3.8, 4) is 0 Å². The highest BCUT2D eigenvalue weighted by Gasteiger charge is 2.06. The van der Waals surface area contributed by atoms with Crippen LogP contribution in [0.25, 0.3) is 10.8 Å². The molecule has 0 aliphatic rings. The monoisotopic (exact) mass is 240 g/mol. The Hall–Kier alpha value is -1.06. The molecule has 0 heterocycles. The molecule has 2 nitrogen and oxygen atoms in total. The van der Waals surface area contributed by atoms with Gasteiger partial charge in [-0.05, 0) is 16.3 Å². The fraction of sp³-hybridized carbons (Fsp3) is 0.0909. The van der Waals surface area contributed by atoms with Crippen LogP contribution in [0.1, 0.15) is 5.56 Å². The van der Waals surface area contributed by atoms with Crippen molar-refractivity contribution in [2.75, 3.05) is 0 Å². The highest BCUT2D eigenvalue weighted by molar-refractivity contribution is 8.13. The smallest absolute Gasteiger partial charge is 0.212 e. The van der Waals surface area contributed by atoms with Crippen molar-refractivity contribution in [3.63, 3.8) is 0 Å². The van der Waals surface area contributed by atoms with Gasteiger partial charge in [0.15, 0.2) is 0 Å². The molecule has 2 rings (SSSR count). The fourth-order valence-corrected chi connectivity index (χ4v) is 2.48. The number of benzene rings is 2. The normalized spacial score (nSPS) is 11.8. The molecule has 0 aromatic heterocycles. The van der Waals surface area contributed by atoms with Crippen LogP contribution in [0.15, 0.2) is 42.5 Å². The van der Waals surface area contributed by atoms with E-state index in [0.29, 0.717) is 5.56 Å². The molecular formula is C11H9ClO2S. The molecule has 15 heavy (non-hydrogen) atoms. The summed E-state index contributed by atoms with van der Waals surface area (Å²) in [5.74, 6) is -0.126. The summed E-state index contributed by atoms with van der Waals surface area (Å²) in [4.78, 5) is 0. The number of halogens is 1. The molecule has 0 N–H and O–H groups in total. The molecule has 2 aromatic carbocycles. The molecule has 0 unspecified atom stereocenters. The molecule has 2 aromatic rings. The third-order valence-electron chi connectivity index (χ3n) is 2.15. The van der Waals surface area contributed by atoms with E-state index in [1.54, 1.807) is 6.07 Å². The quantitative estimate of drug-likeness (QED) is 0.757. The minimum atomic E-state index is -3.47. The Balaban J connectivity index is 2.48. The van der Waals surface area contributed by atoms with Crippen LogP contribution in [-0.2, 0) is 14.8 Å². The lowest BCUT2D eigenvalue weighted by molar-refractivity contribution is 0.609. The van der Waals surface area contributed by atoms with Gasteiger partial charge in [0, 0.05) is 10.7 Å². The summed E-state index contributed by atoms with van der Waals surface area (Å²) in [7, 11) is 1.72. The number of rotatable bonds is 2. The maximum atomic E-state index is 10.9. The lowest BCUT2D eigenvalue weighted by atomic mass is 10.1. The summed E-state index contributed by atoms with van der Waals surface area (Å²) in [6.07, 6.45) is 0. The summed E-state index contributed by atoms with van der Waals surface area (Å²) in [6, 6.07) is 13.3. The van der Waals surface area contributed by atoms with E-state index in [1.807, 2.05) is 36.4 Å². The van der Waals surface area contributed by atoms with Gasteiger partial charge in [0.2, 0.25) is 9.05 Å². The van der Waals surface area contributed by atoms with Crippen molar-refractivity contribution in [1.82, 2.24) is 0 Å². The maximum Gasteiger partial charge on any atom is 0.236 e. The van der Waals surface area contributed by atoms with E-state index in [-0.39, 0.29) is 5.75 Å².